The molecule has 24 heavy (non-hydrogen) atoms. The molecule has 0 saturated heterocycles. The number of aromatic amines is 1. The smallest absolute Gasteiger partial charge is 0.128 e. The van der Waals surface area contributed by atoms with Gasteiger partial charge in [0.25, 0.3) is 0 Å². The van der Waals surface area contributed by atoms with Gasteiger partial charge in [-0.15, -0.1) is 0 Å². The molecule has 1 heterocycles. The number of nitrogens with zero attached hydrogens (tertiary/aromatic N) is 1. The van der Waals surface area contributed by atoms with E-state index < -0.39 is 0 Å². The molecule has 0 atom stereocenters. The lowest BCUT2D eigenvalue weighted by Gasteiger charge is -2.09. The summed E-state index contributed by atoms with van der Waals surface area (Å²) in [5.41, 5.74) is 4.26. The Morgan fingerprint density at radius 2 is 1.79 bits per heavy atom. The number of aromatic hydroxyl groups is 1. The van der Waals surface area contributed by atoms with Gasteiger partial charge in [0.05, 0.1) is 13.7 Å². The Labute approximate surface area is 140 Å². The molecule has 0 bridgehead atoms. The zero-order valence-electron chi connectivity index (χ0n) is 14.0. The van der Waals surface area contributed by atoms with Crippen LogP contribution in [0.5, 0.6) is 17.2 Å². The molecule has 0 radical (unpaired) electrons. The van der Waals surface area contributed by atoms with E-state index in [4.69, 9.17) is 9.47 Å². The van der Waals surface area contributed by atoms with Gasteiger partial charge in [-0.05, 0) is 43.7 Å². The second-order valence-electron chi connectivity index (χ2n) is 5.41. The van der Waals surface area contributed by atoms with Crippen molar-refractivity contribution in [3.05, 3.63) is 48.2 Å². The first kappa shape index (κ1) is 15.9. The molecule has 0 amide bonds. The van der Waals surface area contributed by atoms with Crippen molar-refractivity contribution in [3.63, 3.8) is 0 Å². The SMILES string of the molecule is CCOc1ccc(-c2n[nH]c(C)c2-c2ccc(OC)cc2)c(O)c1. The molecule has 5 nitrogen and oxygen atoms in total. The van der Waals surface area contributed by atoms with Crippen LogP contribution >= 0.6 is 0 Å². The van der Waals surface area contributed by atoms with Crippen LogP contribution in [0.1, 0.15) is 12.6 Å². The second-order valence-corrected chi connectivity index (χ2v) is 5.41. The van der Waals surface area contributed by atoms with Crippen molar-refractivity contribution in [3.8, 4) is 39.6 Å². The zero-order chi connectivity index (χ0) is 17.1. The summed E-state index contributed by atoms with van der Waals surface area (Å²) in [7, 11) is 1.64. The minimum atomic E-state index is 0.141. The summed E-state index contributed by atoms with van der Waals surface area (Å²) in [6.45, 7) is 4.42. The number of hydrogen-bond acceptors (Lipinski definition) is 4. The Balaban J connectivity index is 2.06. The number of methoxy groups -OCH3 is 1. The molecule has 0 fully saturated rings. The Hall–Kier alpha value is -2.95. The van der Waals surface area contributed by atoms with Crippen molar-refractivity contribution in [2.75, 3.05) is 13.7 Å². The second kappa shape index (κ2) is 6.66. The predicted octanol–water partition coefficient (Wildman–Crippen LogP) is 4.17. The first-order valence-corrected chi connectivity index (χ1v) is 7.79. The van der Waals surface area contributed by atoms with Gasteiger partial charge in [-0.2, -0.15) is 5.10 Å². The molecule has 3 aromatic rings. The zero-order valence-corrected chi connectivity index (χ0v) is 14.0. The maximum atomic E-state index is 10.4. The van der Waals surface area contributed by atoms with E-state index in [0.717, 1.165) is 22.6 Å². The maximum Gasteiger partial charge on any atom is 0.128 e. The minimum Gasteiger partial charge on any atom is -0.507 e. The van der Waals surface area contributed by atoms with Gasteiger partial charge in [-0.1, -0.05) is 12.1 Å². The van der Waals surface area contributed by atoms with Crippen molar-refractivity contribution in [1.82, 2.24) is 10.2 Å². The van der Waals surface area contributed by atoms with E-state index in [0.29, 0.717) is 23.6 Å². The van der Waals surface area contributed by atoms with Gasteiger partial charge in [0, 0.05) is 22.9 Å². The molecule has 1 aromatic heterocycles. The number of aromatic nitrogens is 2. The maximum absolute atomic E-state index is 10.4. The summed E-state index contributed by atoms with van der Waals surface area (Å²) < 4.78 is 10.6. The molecule has 0 unspecified atom stereocenters. The van der Waals surface area contributed by atoms with Gasteiger partial charge in [-0.25, -0.2) is 0 Å². The summed E-state index contributed by atoms with van der Waals surface area (Å²) >= 11 is 0. The molecule has 5 heteroatoms. The molecule has 0 aliphatic heterocycles. The highest BCUT2D eigenvalue weighted by molar-refractivity contribution is 5.85. The lowest BCUT2D eigenvalue weighted by molar-refractivity contribution is 0.338. The van der Waals surface area contributed by atoms with Crippen molar-refractivity contribution < 1.29 is 14.6 Å². The molecule has 124 valence electrons. The van der Waals surface area contributed by atoms with Crippen LogP contribution in [0.2, 0.25) is 0 Å². The van der Waals surface area contributed by atoms with E-state index in [-0.39, 0.29) is 5.75 Å². The number of nitrogens with one attached hydrogen (secondary N) is 1. The predicted molar refractivity (Wildman–Crippen MR) is 93.6 cm³/mol. The van der Waals surface area contributed by atoms with Crippen LogP contribution in [0.15, 0.2) is 42.5 Å². The largest absolute Gasteiger partial charge is 0.507 e. The van der Waals surface area contributed by atoms with Gasteiger partial charge in [0.2, 0.25) is 0 Å². The molecule has 2 N–H and O–H groups in total. The van der Waals surface area contributed by atoms with Crippen molar-refractivity contribution in [2.45, 2.75) is 13.8 Å². The molecule has 3 rings (SSSR count). The first-order chi connectivity index (χ1) is 11.6. The average molecular weight is 324 g/mol. The van der Waals surface area contributed by atoms with E-state index in [1.54, 1.807) is 13.2 Å². The Bertz CT molecular complexity index is 838. The molecule has 2 aromatic carbocycles. The van der Waals surface area contributed by atoms with Crippen LogP contribution in [-0.2, 0) is 0 Å². The fourth-order valence-corrected chi connectivity index (χ4v) is 2.70. The summed E-state index contributed by atoms with van der Waals surface area (Å²) in [6.07, 6.45) is 0. The van der Waals surface area contributed by atoms with Crippen molar-refractivity contribution in [1.29, 1.82) is 0 Å². The van der Waals surface area contributed by atoms with Crippen LogP contribution in [0.4, 0.5) is 0 Å². The third kappa shape index (κ3) is 2.93. The van der Waals surface area contributed by atoms with Gasteiger partial charge in [-0.3, -0.25) is 5.10 Å². The fourth-order valence-electron chi connectivity index (χ4n) is 2.70. The van der Waals surface area contributed by atoms with E-state index >= 15 is 0 Å². The number of phenols is 1. The highest BCUT2D eigenvalue weighted by Gasteiger charge is 2.17. The third-order valence-electron chi connectivity index (χ3n) is 3.86. The Morgan fingerprint density at radius 1 is 1.08 bits per heavy atom. The molecular weight excluding hydrogens is 304 g/mol. The summed E-state index contributed by atoms with van der Waals surface area (Å²) in [6, 6.07) is 13.0. The van der Waals surface area contributed by atoms with Crippen molar-refractivity contribution >= 4 is 0 Å². The topological polar surface area (TPSA) is 67.4 Å². The number of rotatable bonds is 5. The standard InChI is InChI=1S/C19H20N2O3/c1-4-24-15-9-10-16(17(22)11-15)19-18(12(2)20-21-19)13-5-7-14(23-3)8-6-13/h5-11,22H,4H2,1-3H3,(H,20,21). The summed E-state index contributed by atoms with van der Waals surface area (Å²) in [4.78, 5) is 0. The van der Waals surface area contributed by atoms with Crippen LogP contribution in [0.3, 0.4) is 0 Å². The molecular formula is C19H20N2O3. The Morgan fingerprint density at radius 3 is 2.42 bits per heavy atom. The number of aryl methyl sites for hydroxylation is 1. The van der Waals surface area contributed by atoms with Crippen LogP contribution in [0, 0.1) is 6.92 Å². The minimum absolute atomic E-state index is 0.141. The Kier molecular flexibility index (Phi) is 4.42. The monoisotopic (exact) mass is 324 g/mol. The number of phenolic OH excluding ortho intramolecular Hbond substituents is 1. The van der Waals surface area contributed by atoms with Crippen LogP contribution in [-0.4, -0.2) is 29.0 Å². The lowest BCUT2D eigenvalue weighted by Crippen LogP contribution is -1.92. The fraction of sp³-hybridized carbons (Fsp3) is 0.211. The number of benzene rings is 2. The highest BCUT2D eigenvalue weighted by Crippen LogP contribution is 2.39. The molecule has 0 saturated carbocycles. The summed E-state index contributed by atoms with van der Waals surface area (Å²) in [5, 5.41) is 17.8. The van der Waals surface area contributed by atoms with Gasteiger partial charge in [0.15, 0.2) is 0 Å². The van der Waals surface area contributed by atoms with E-state index in [2.05, 4.69) is 10.2 Å². The lowest BCUT2D eigenvalue weighted by atomic mass is 9.98. The van der Waals surface area contributed by atoms with Crippen molar-refractivity contribution in [2.24, 2.45) is 0 Å². The summed E-state index contributed by atoms with van der Waals surface area (Å²) in [5.74, 6) is 1.57. The van der Waals surface area contributed by atoms with Gasteiger partial charge in [0.1, 0.15) is 22.9 Å². The van der Waals surface area contributed by atoms with E-state index in [1.165, 1.54) is 0 Å². The van der Waals surface area contributed by atoms with Gasteiger partial charge >= 0.3 is 0 Å². The first-order valence-electron chi connectivity index (χ1n) is 7.79. The number of hydrogen-bond donors (Lipinski definition) is 2. The number of ether oxygens (including phenoxy) is 2. The van der Waals surface area contributed by atoms with E-state index in [9.17, 15) is 5.11 Å². The third-order valence-corrected chi connectivity index (χ3v) is 3.86. The van der Waals surface area contributed by atoms with Crippen LogP contribution in [0.25, 0.3) is 22.4 Å². The average Bonchev–Trinajstić information content (AvgIpc) is 2.97. The van der Waals surface area contributed by atoms with Gasteiger partial charge < -0.3 is 14.6 Å². The van der Waals surface area contributed by atoms with E-state index in [1.807, 2.05) is 50.2 Å². The van der Waals surface area contributed by atoms with Crippen LogP contribution < -0.4 is 9.47 Å². The molecule has 0 aliphatic rings. The normalized spacial score (nSPS) is 10.6. The quantitative estimate of drug-likeness (QED) is 0.739. The molecule has 0 aliphatic carbocycles. The molecule has 0 spiro atoms. The number of H-pyrrole nitrogens is 1. The highest BCUT2D eigenvalue weighted by atomic mass is 16.5.